The highest BCUT2D eigenvalue weighted by molar-refractivity contribution is 6.39. The third-order valence-corrected chi connectivity index (χ3v) is 4.97. The molecule has 0 saturated carbocycles. The minimum Gasteiger partial charge on any atom is -0.504 e. The molecule has 5 nitrogen and oxygen atoms in total. The molecule has 3 aromatic rings. The number of phenols is 1. The molecule has 1 fully saturated rings. The molecule has 0 unspecified atom stereocenters. The van der Waals surface area contributed by atoms with E-state index in [2.05, 4.69) is 19.9 Å². The third kappa shape index (κ3) is 3.32. The van der Waals surface area contributed by atoms with E-state index >= 15 is 0 Å². The highest BCUT2D eigenvalue weighted by Crippen LogP contribution is 2.36. The Morgan fingerprint density at radius 2 is 1.73 bits per heavy atom. The molecule has 1 aromatic carbocycles. The summed E-state index contributed by atoms with van der Waals surface area (Å²) in [5.74, 6) is 0.706. The molecule has 0 amide bonds. The Balaban J connectivity index is 1.59. The summed E-state index contributed by atoms with van der Waals surface area (Å²) in [6, 6.07) is 5.15. The van der Waals surface area contributed by atoms with E-state index < -0.39 is 0 Å². The third-order valence-electron chi connectivity index (χ3n) is 4.37. The first-order valence-electron chi connectivity index (χ1n) is 8.34. The van der Waals surface area contributed by atoms with Gasteiger partial charge in [0.1, 0.15) is 5.52 Å². The number of aromatic nitrogens is 3. The molecule has 0 atom stereocenters. The van der Waals surface area contributed by atoms with E-state index in [1.807, 2.05) is 24.3 Å². The zero-order valence-corrected chi connectivity index (χ0v) is 15.4. The summed E-state index contributed by atoms with van der Waals surface area (Å²) in [6.07, 6.45) is 9.69. The Hall–Kier alpha value is -2.37. The summed E-state index contributed by atoms with van der Waals surface area (Å²) in [7, 11) is 0. The maximum atomic E-state index is 10.1. The topological polar surface area (TPSA) is 62.1 Å². The zero-order valence-electron chi connectivity index (χ0n) is 13.9. The predicted molar refractivity (Wildman–Crippen MR) is 106 cm³/mol. The van der Waals surface area contributed by atoms with Gasteiger partial charge in [0.15, 0.2) is 5.75 Å². The van der Waals surface area contributed by atoms with Crippen LogP contribution in [0.4, 0.5) is 5.95 Å². The van der Waals surface area contributed by atoms with Crippen LogP contribution in [-0.4, -0.2) is 33.1 Å². The van der Waals surface area contributed by atoms with Gasteiger partial charge in [-0.3, -0.25) is 0 Å². The van der Waals surface area contributed by atoms with Crippen LogP contribution in [0.15, 0.2) is 30.6 Å². The number of hydrogen-bond donors (Lipinski definition) is 1. The van der Waals surface area contributed by atoms with Crippen LogP contribution < -0.4 is 4.90 Å². The van der Waals surface area contributed by atoms with Crippen LogP contribution in [-0.2, 0) is 0 Å². The van der Waals surface area contributed by atoms with Crippen molar-refractivity contribution in [2.24, 2.45) is 0 Å². The normalized spacial score (nSPS) is 14.6. The van der Waals surface area contributed by atoms with Gasteiger partial charge in [-0.2, -0.15) is 0 Å². The van der Waals surface area contributed by atoms with Crippen LogP contribution in [0.2, 0.25) is 10.0 Å². The molecule has 1 aliphatic rings. The van der Waals surface area contributed by atoms with Gasteiger partial charge in [0.05, 0.1) is 15.7 Å². The van der Waals surface area contributed by atoms with Crippen LogP contribution >= 0.6 is 23.2 Å². The minimum atomic E-state index is -0.0698. The number of aromatic hydroxyl groups is 1. The highest BCUT2D eigenvalue weighted by atomic mass is 35.5. The van der Waals surface area contributed by atoms with Gasteiger partial charge < -0.3 is 10.0 Å². The van der Waals surface area contributed by atoms with Gasteiger partial charge in [-0.05, 0) is 43.2 Å². The fourth-order valence-electron chi connectivity index (χ4n) is 2.99. The van der Waals surface area contributed by atoms with E-state index in [4.69, 9.17) is 23.2 Å². The van der Waals surface area contributed by atoms with Crippen molar-refractivity contribution in [3.8, 4) is 5.75 Å². The van der Waals surface area contributed by atoms with E-state index in [9.17, 15) is 5.11 Å². The van der Waals surface area contributed by atoms with E-state index in [-0.39, 0.29) is 10.8 Å². The second kappa shape index (κ2) is 7.09. The average Bonchev–Trinajstić information content (AvgIpc) is 3.19. The Morgan fingerprint density at radius 1 is 1.00 bits per heavy atom. The molecular formula is C19H16Cl2N4O. The smallest absolute Gasteiger partial charge is 0.225 e. The maximum Gasteiger partial charge on any atom is 0.225 e. The van der Waals surface area contributed by atoms with E-state index in [1.54, 1.807) is 12.4 Å². The molecule has 3 heterocycles. The molecule has 132 valence electrons. The van der Waals surface area contributed by atoms with Crippen molar-refractivity contribution in [1.82, 2.24) is 15.0 Å². The summed E-state index contributed by atoms with van der Waals surface area (Å²) < 4.78 is 0. The SMILES string of the molecule is Oc1c(Cl)cc(Cl)c2ccc(/C=C/c3cnc(N4CCCC4)nc3)nc12. The molecule has 4 rings (SSSR count). The second-order valence-corrected chi connectivity index (χ2v) is 6.98. The Kier molecular flexibility index (Phi) is 4.66. The number of fused-ring (bicyclic) bond motifs is 1. The van der Waals surface area contributed by atoms with Crippen molar-refractivity contribution in [1.29, 1.82) is 0 Å². The molecule has 1 N–H and O–H groups in total. The number of halogens is 2. The number of phenolic OH excluding ortho intramolecular Hbond substituents is 1. The van der Waals surface area contributed by atoms with E-state index in [0.29, 0.717) is 21.6 Å². The van der Waals surface area contributed by atoms with Crippen molar-refractivity contribution in [3.05, 3.63) is 51.9 Å². The van der Waals surface area contributed by atoms with E-state index in [1.165, 1.54) is 18.9 Å². The number of rotatable bonds is 3. The van der Waals surface area contributed by atoms with Gasteiger partial charge in [0.2, 0.25) is 5.95 Å². The van der Waals surface area contributed by atoms with Crippen LogP contribution in [0.25, 0.3) is 23.1 Å². The van der Waals surface area contributed by atoms with Gasteiger partial charge in [-0.1, -0.05) is 23.2 Å². The standard InChI is InChI=1S/C19H16Cl2N4O/c20-15-9-16(21)18(26)17-14(15)6-5-13(24-17)4-3-12-10-22-19(23-11-12)25-7-1-2-8-25/h3-6,9-11,26H,1-2,7-8H2/b4-3+. The van der Waals surface area contributed by atoms with Gasteiger partial charge in [0.25, 0.3) is 0 Å². The van der Waals surface area contributed by atoms with E-state index in [0.717, 1.165) is 24.6 Å². The molecule has 2 aromatic heterocycles. The van der Waals surface area contributed by atoms with Crippen LogP contribution in [0, 0.1) is 0 Å². The van der Waals surface area contributed by atoms with Crippen LogP contribution in [0.3, 0.4) is 0 Å². The number of benzene rings is 1. The van der Waals surface area contributed by atoms with Crippen molar-refractivity contribution < 1.29 is 5.11 Å². The number of anilines is 1. The van der Waals surface area contributed by atoms with Crippen molar-refractivity contribution in [2.75, 3.05) is 18.0 Å². The molecule has 0 bridgehead atoms. The molecule has 7 heteroatoms. The lowest BCUT2D eigenvalue weighted by molar-refractivity contribution is 0.480. The number of nitrogens with zero attached hydrogens (tertiary/aromatic N) is 4. The van der Waals surface area contributed by atoms with Gasteiger partial charge in [0, 0.05) is 36.4 Å². The molecule has 1 aliphatic heterocycles. The van der Waals surface area contributed by atoms with Crippen molar-refractivity contribution in [2.45, 2.75) is 12.8 Å². The fourth-order valence-corrected chi connectivity index (χ4v) is 3.51. The molecule has 1 saturated heterocycles. The Bertz CT molecular complexity index is 983. The maximum absolute atomic E-state index is 10.1. The quantitative estimate of drug-likeness (QED) is 0.699. The first-order valence-corrected chi connectivity index (χ1v) is 9.10. The lowest BCUT2D eigenvalue weighted by atomic mass is 10.1. The summed E-state index contributed by atoms with van der Waals surface area (Å²) in [5, 5.41) is 11.4. The first kappa shape index (κ1) is 17.1. The Morgan fingerprint density at radius 3 is 2.46 bits per heavy atom. The molecule has 26 heavy (non-hydrogen) atoms. The molecule has 0 spiro atoms. The van der Waals surface area contributed by atoms with Gasteiger partial charge in [-0.15, -0.1) is 0 Å². The van der Waals surface area contributed by atoms with Crippen molar-refractivity contribution >= 4 is 52.2 Å². The predicted octanol–water partition coefficient (Wildman–Crippen LogP) is 4.81. The van der Waals surface area contributed by atoms with Gasteiger partial charge in [-0.25, -0.2) is 15.0 Å². The lowest BCUT2D eigenvalue weighted by Crippen LogP contribution is -2.20. The highest BCUT2D eigenvalue weighted by Gasteiger charge is 2.14. The largest absolute Gasteiger partial charge is 0.504 e. The monoisotopic (exact) mass is 386 g/mol. The summed E-state index contributed by atoms with van der Waals surface area (Å²) in [4.78, 5) is 15.5. The summed E-state index contributed by atoms with van der Waals surface area (Å²) in [5.41, 5.74) is 1.93. The molecule has 0 aliphatic carbocycles. The summed E-state index contributed by atoms with van der Waals surface area (Å²) >= 11 is 12.1. The fraction of sp³-hybridized carbons (Fsp3) is 0.211. The minimum absolute atomic E-state index is 0.0698. The molecular weight excluding hydrogens is 371 g/mol. The average molecular weight is 387 g/mol. The zero-order chi connectivity index (χ0) is 18.1. The molecule has 0 radical (unpaired) electrons. The number of pyridine rings is 1. The van der Waals surface area contributed by atoms with Crippen LogP contribution in [0.5, 0.6) is 5.75 Å². The van der Waals surface area contributed by atoms with Gasteiger partial charge >= 0.3 is 0 Å². The number of hydrogen-bond acceptors (Lipinski definition) is 5. The lowest BCUT2D eigenvalue weighted by Gasteiger charge is -2.14. The second-order valence-electron chi connectivity index (χ2n) is 6.16. The van der Waals surface area contributed by atoms with Crippen LogP contribution in [0.1, 0.15) is 24.1 Å². The Labute approximate surface area is 160 Å². The van der Waals surface area contributed by atoms with Crippen molar-refractivity contribution in [3.63, 3.8) is 0 Å². The summed E-state index contributed by atoms with van der Waals surface area (Å²) in [6.45, 7) is 2.04. The first-order chi connectivity index (χ1) is 12.6.